The highest BCUT2D eigenvalue weighted by Crippen LogP contribution is 2.13. The van der Waals surface area contributed by atoms with Crippen LogP contribution in [0.5, 0.6) is 0 Å². The molecule has 1 heterocycles. The molecule has 0 saturated heterocycles. The Kier molecular flexibility index (Phi) is 1.77. The van der Waals surface area contributed by atoms with Crippen molar-refractivity contribution in [1.29, 1.82) is 0 Å². The summed E-state index contributed by atoms with van der Waals surface area (Å²) in [6, 6.07) is 4.32. The largest absolute Gasteiger partial charge is 0.252 e. The van der Waals surface area contributed by atoms with E-state index in [4.69, 9.17) is 0 Å². The number of hydrogen-bond acceptors (Lipinski definition) is 2. The van der Waals surface area contributed by atoms with Gasteiger partial charge in [-0.3, -0.25) is 4.98 Å². The van der Waals surface area contributed by atoms with Crippen molar-refractivity contribution >= 4 is 27.0 Å². The lowest BCUT2D eigenvalue weighted by molar-refractivity contribution is 0.629. The van der Waals surface area contributed by atoms with Crippen molar-refractivity contribution in [2.45, 2.75) is 0 Å². The van der Waals surface area contributed by atoms with Gasteiger partial charge in [0.2, 0.25) is 0 Å². The molecular weight excluding hydrogens is 223 g/mol. The van der Waals surface area contributed by atoms with E-state index >= 15 is 0 Å². The van der Waals surface area contributed by atoms with E-state index in [-0.39, 0.29) is 5.82 Å². The van der Waals surface area contributed by atoms with Crippen LogP contribution in [-0.2, 0) is 0 Å². The highest BCUT2D eigenvalue weighted by molar-refractivity contribution is 9.10. The van der Waals surface area contributed by atoms with Gasteiger partial charge in [-0.05, 0) is 28.1 Å². The summed E-state index contributed by atoms with van der Waals surface area (Å²) in [5.41, 5.74) is 1.25. The maximum absolute atomic E-state index is 12.7. The standard InChI is InChI=1S/C8H4BrFN2/c9-8-4-11-6-2-1-5(10)3-7(6)12-8/h1-4H. The Labute approximate surface area is 76.6 Å². The molecule has 60 valence electrons. The zero-order valence-electron chi connectivity index (χ0n) is 5.96. The van der Waals surface area contributed by atoms with E-state index in [1.54, 1.807) is 12.3 Å². The average molecular weight is 227 g/mol. The minimum atomic E-state index is -0.296. The van der Waals surface area contributed by atoms with Gasteiger partial charge in [0.05, 0.1) is 17.2 Å². The Hall–Kier alpha value is -1.03. The van der Waals surface area contributed by atoms with Gasteiger partial charge in [-0.15, -0.1) is 0 Å². The minimum absolute atomic E-state index is 0.296. The van der Waals surface area contributed by atoms with E-state index in [9.17, 15) is 4.39 Å². The quantitative estimate of drug-likeness (QED) is 0.691. The van der Waals surface area contributed by atoms with Crippen LogP contribution >= 0.6 is 15.9 Å². The molecule has 0 atom stereocenters. The van der Waals surface area contributed by atoms with Gasteiger partial charge in [0.1, 0.15) is 10.4 Å². The monoisotopic (exact) mass is 226 g/mol. The first-order chi connectivity index (χ1) is 5.75. The van der Waals surface area contributed by atoms with Crippen LogP contribution in [0.25, 0.3) is 11.0 Å². The van der Waals surface area contributed by atoms with E-state index < -0.39 is 0 Å². The fourth-order valence-corrected chi connectivity index (χ4v) is 1.26. The number of hydrogen-bond donors (Lipinski definition) is 0. The summed E-state index contributed by atoms with van der Waals surface area (Å²) in [4.78, 5) is 8.10. The summed E-state index contributed by atoms with van der Waals surface area (Å²) < 4.78 is 13.3. The van der Waals surface area contributed by atoms with Crippen molar-refractivity contribution in [3.8, 4) is 0 Å². The molecule has 1 aromatic heterocycles. The second kappa shape index (κ2) is 2.79. The van der Waals surface area contributed by atoms with E-state index in [1.807, 2.05) is 0 Å². The van der Waals surface area contributed by atoms with E-state index in [0.717, 1.165) is 0 Å². The molecule has 12 heavy (non-hydrogen) atoms. The first-order valence-electron chi connectivity index (χ1n) is 3.33. The smallest absolute Gasteiger partial charge is 0.125 e. The van der Waals surface area contributed by atoms with Gasteiger partial charge in [0.15, 0.2) is 0 Å². The Morgan fingerprint density at radius 1 is 1.25 bits per heavy atom. The highest BCUT2D eigenvalue weighted by Gasteiger charge is 1.98. The molecule has 2 rings (SSSR count). The summed E-state index contributed by atoms with van der Waals surface area (Å²) in [7, 11) is 0. The second-order valence-electron chi connectivity index (χ2n) is 2.33. The second-order valence-corrected chi connectivity index (χ2v) is 3.14. The van der Waals surface area contributed by atoms with Crippen LogP contribution < -0.4 is 0 Å². The number of benzene rings is 1. The zero-order valence-corrected chi connectivity index (χ0v) is 7.55. The molecule has 0 aliphatic carbocycles. The normalized spacial score (nSPS) is 10.5. The van der Waals surface area contributed by atoms with Crippen LogP contribution in [0.3, 0.4) is 0 Å². The van der Waals surface area contributed by atoms with Crippen molar-refractivity contribution in [1.82, 2.24) is 9.97 Å². The summed E-state index contributed by atoms with van der Waals surface area (Å²) in [5.74, 6) is -0.296. The molecule has 0 aliphatic heterocycles. The fourth-order valence-electron chi connectivity index (χ4n) is 0.962. The van der Waals surface area contributed by atoms with Gasteiger partial charge in [0.25, 0.3) is 0 Å². The van der Waals surface area contributed by atoms with Gasteiger partial charge in [-0.1, -0.05) is 0 Å². The molecule has 0 fully saturated rings. The number of fused-ring (bicyclic) bond motifs is 1. The van der Waals surface area contributed by atoms with E-state index in [1.165, 1.54) is 12.1 Å². The highest BCUT2D eigenvalue weighted by atomic mass is 79.9. The first kappa shape index (κ1) is 7.61. The predicted molar refractivity (Wildman–Crippen MR) is 47.2 cm³/mol. The molecule has 2 aromatic rings. The molecule has 0 radical (unpaired) electrons. The van der Waals surface area contributed by atoms with Crippen LogP contribution in [0.1, 0.15) is 0 Å². The Morgan fingerprint density at radius 2 is 2.08 bits per heavy atom. The van der Waals surface area contributed by atoms with Crippen LogP contribution in [0, 0.1) is 5.82 Å². The Balaban J connectivity index is 2.80. The van der Waals surface area contributed by atoms with Gasteiger partial charge in [-0.25, -0.2) is 9.37 Å². The molecular formula is C8H4BrFN2. The number of rotatable bonds is 0. The predicted octanol–water partition coefficient (Wildman–Crippen LogP) is 2.53. The molecule has 4 heteroatoms. The minimum Gasteiger partial charge on any atom is -0.252 e. The maximum Gasteiger partial charge on any atom is 0.125 e. The molecule has 0 spiro atoms. The van der Waals surface area contributed by atoms with Crippen LogP contribution in [-0.4, -0.2) is 9.97 Å². The molecule has 2 nitrogen and oxygen atoms in total. The Morgan fingerprint density at radius 3 is 2.92 bits per heavy atom. The SMILES string of the molecule is Fc1ccc2ncc(Br)nc2c1. The Bertz CT molecular complexity index is 394. The summed E-state index contributed by atoms with van der Waals surface area (Å²) in [6.07, 6.45) is 1.58. The van der Waals surface area contributed by atoms with E-state index in [0.29, 0.717) is 15.6 Å². The lowest BCUT2D eigenvalue weighted by Crippen LogP contribution is -1.84. The van der Waals surface area contributed by atoms with Crippen LogP contribution in [0.2, 0.25) is 0 Å². The first-order valence-corrected chi connectivity index (χ1v) is 4.13. The van der Waals surface area contributed by atoms with Crippen molar-refractivity contribution in [3.05, 3.63) is 34.8 Å². The average Bonchev–Trinajstić information content (AvgIpc) is 2.03. The molecule has 0 N–H and O–H groups in total. The van der Waals surface area contributed by atoms with Crippen molar-refractivity contribution in [3.63, 3.8) is 0 Å². The van der Waals surface area contributed by atoms with Gasteiger partial charge in [-0.2, -0.15) is 0 Å². The van der Waals surface area contributed by atoms with Crippen molar-refractivity contribution < 1.29 is 4.39 Å². The maximum atomic E-state index is 12.7. The van der Waals surface area contributed by atoms with Crippen molar-refractivity contribution in [2.75, 3.05) is 0 Å². The summed E-state index contributed by atoms with van der Waals surface area (Å²) in [5, 5.41) is 0. The van der Waals surface area contributed by atoms with Crippen molar-refractivity contribution in [2.24, 2.45) is 0 Å². The number of nitrogens with zero attached hydrogens (tertiary/aromatic N) is 2. The third-order valence-corrected chi connectivity index (χ3v) is 1.86. The zero-order chi connectivity index (χ0) is 8.55. The third kappa shape index (κ3) is 1.30. The van der Waals surface area contributed by atoms with E-state index in [2.05, 4.69) is 25.9 Å². The van der Waals surface area contributed by atoms with Gasteiger partial charge in [0, 0.05) is 6.07 Å². The molecule has 0 saturated carbocycles. The summed E-state index contributed by atoms with van der Waals surface area (Å²) in [6.45, 7) is 0. The molecule has 0 amide bonds. The van der Waals surface area contributed by atoms with Gasteiger partial charge < -0.3 is 0 Å². The molecule has 0 unspecified atom stereocenters. The lowest BCUT2D eigenvalue weighted by Gasteiger charge is -1.95. The fraction of sp³-hybridized carbons (Fsp3) is 0. The number of aromatic nitrogens is 2. The summed E-state index contributed by atoms with van der Waals surface area (Å²) >= 11 is 3.16. The third-order valence-electron chi connectivity index (χ3n) is 1.47. The number of halogens is 2. The molecule has 1 aromatic carbocycles. The lowest BCUT2D eigenvalue weighted by atomic mass is 10.3. The van der Waals surface area contributed by atoms with Gasteiger partial charge >= 0.3 is 0 Å². The van der Waals surface area contributed by atoms with Crippen LogP contribution in [0.4, 0.5) is 4.39 Å². The molecule has 0 bridgehead atoms. The topological polar surface area (TPSA) is 25.8 Å². The molecule has 0 aliphatic rings. The van der Waals surface area contributed by atoms with Crippen LogP contribution in [0.15, 0.2) is 29.0 Å².